The zero-order valence-corrected chi connectivity index (χ0v) is 12.9. The van der Waals surface area contributed by atoms with E-state index in [2.05, 4.69) is 56.3 Å². The lowest BCUT2D eigenvalue weighted by Crippen LogP contribution is -2.43. The molecule has 0 aliphatic heterocycles. The van der Waals surface area contributed by atoms with Gasteiger partial charge in [0, 0.05) is 5.41 Å². The van der Waals surface area contributed by atoms with Gasteiger partial charge < -0.3 is 5.11 Å². The highest BCUT2D eigenvalue weighted by Crippen LogP contribution is 2.61. The predicted octanol–water partition coefficient (Wildman–Crippen LogP) is 4.52. The highest BCUT2D eigenvalue weighted by molar-refractivity contribution is 5.86. The first kappa shape index (κ1) is 13.3. The van der Waals surface area contributed by atoms with Crippen molar-refractivity contribution in [3.63, 3.8) is 0 Å². The lowest BCUT2D eigenvalue weighted by molar-refractivity contribution is 0.0425. The molecule has 4 unspecified atom stereocenters. The minimum absolute atomic E-state index is 0.106. The van der Waals surface area contributed by atoms with Crippen LogP contribution in [0.1, 0.15) is 38.7 Å². The van der Waals surface area contributed by atoms with Crippen molar-refractivity contribution >= 4 is 10.8 Å². The topological polar surface area (TPSA) is 20.2 Å². The minimum atomic E-state index is -0.106. The number of aliphatic hydroxyl groups is 1. The van der Waals surface area contributed by atoms with Crippen LogP contribution in [-0.2, 0) is 5.41 Å². The van der Waals surface area contributed by atoms with Crippen molar-refractivity contribution in [3.05, 3.63) is 48.0 Å². The minimum Gasteiger partial charge on any atom is -0.393 e. The van der Waals surface area contributed by atoms with Crippen molar-refractivity contribution < 1.29 is 5.11 Å². The van der Waals surface area contributed by atoms with Gasteiger partial charge in [-0.3, -0.25) is 0 Å². The molecule has 0 heterocycles. The quantitative estimate of drug-likeness (QED) is 0.857. The summed E-state index contributed by atoms with van der Waals surface area (Å²) in [5.41, 5.74) is 1.63. The summed E-state index contributed by atoms with van der Waals surface area (Å²) in [5.74, 6) is 1.72. The van der Waals surface area contributed by atoms with Gasteiger partial charge in [-0.1, -0.05) is 56.3 Å². The largest absolute Gasteiger partial charge is 0.393 e. The fraction of sp³-hybridized carbons (Fsp3) is 0.500. The van der Waals surface area contributed by atoms with Crippen LogP contribution in [0.15, 0.2) is 42.5 Å². The van der Waals surface area contributed by atoms with E-state index in [9.17, 15) is 5.11 Å². The van der Waals surface area contributed by atoms with Crippen LogP contribution in [0.25, 0.3) is 10.8 Å². The van der Waals surface area contributed by atoms with E-state index in [0.717, 1.165) is 6.42 Å². The Hall–Kier alpha value is -1.34. The summed E-state index contributed by atoms with van der Waals surface area (Å²) in [5, 5.41) is 13.2. The molecule has 1 nitrogen and oxygen atoms in total. The maximum Gasteiger partial charge on any atom is 0.0579 e. The molecule has 2 bridgehead atoms. The van der Waals surface area contributed by atoms with Crippen molar-refractivity contribution in [2.75, 3.05) is 0 Å². The van der Waals surface area contributed by atoms with Gasteiger partial charge in [-0.25, -0.2) is 0 Å². The van der Waals surface area contributed by atoms with Gasteiger partial charge in [0.15, 0.2) is 0 Å². The molecule has 110 valence electrons. The molecule has 0 saturated heterocycles. The molecule has 0 spiro atoms. The molecule has 2 aliphatic carbocycles. The van der Waals surface area contributed by atoms with Gasteiger partial charge in [0.25, 0.3) is 0 Å². The zero-order chi connectivity index (χ0) is 14.6. The molecular weight excluding hydrogens is 256 g/mol. The lowest BCUT2D eigenvalue weighted by Gasteiger charge is -2.44. The molecule has 2 aliphatic rings. The number of benzene rings is 2. The molecule has 4 rings (SSSR count). The second-order valence-corrected chi connectivity index (χ2v) is 7.44. The van der Waals surface area contributed by atoms with Gasteiger partial charge in [-0.15, -0.1) is 0 Å². The fourth-order valence-corrected chi connectivity index (χ4v) is 5.38. The average molecular weight is 280 g/mol. The van der Waals surface area contributed by atoms with Crippen LogP contribution in [0.3, 0.4) is 0 Å². The molecule has 0 radical (unpaired) electrons. The van der Waals surface area contributed by atoms with Crippen LogP contribution >= 0.6 is 0 Å². The Balaban J connectivity index is 1.96. The number of rotatable bonds is 2. The molecule has 0 amide bonds. The predicted molar refractivity (Wildman–Crippen MR) is 87.3 cm³/mol. The Morgan fingerprint density at radius 3 is 2.52 bits per heavy atom. The van der Waals surface area contributed by atoms with E-state index >= 15 is 0 Å². The fourth-order valence-electron chi connectivity index (χ4n) is 5.38. The molecule has 2 saturated carbocycles. The van der Waals surface area contributed by atoms with Crippen LogP contribution in [0.4, 0.5) is 0 Å². The Bertz CT molecular complexity index is 669. The Kier molecular flexibility index (Phi) is 2.91. The van der Waals surface area contributed by atoms with E-state index in [1.165, 1.54) is 29.2 Å². The summed E-state index contributed by atoms with van der Waals surface area (Å²) in [6.07, 6.45) is 3.37. The number of hydrogen-bond acceptors (Lipinski definition) is 1. The summed E-state index contributed by atoms with van der Waals surface area (Å²) in [6.45, 7) is 4.68. The van der Waals surface area contributed by atoms with E-state index in [4.69, 9.17) is 0 Å². The maximum absolute atomic E-state index is 10.5. The molecule has 1 heteroatoms. The smallest absolute Gasteiger partial charge is 0.0579 e. The molecule has 2 aromatic rings. The van der Waals surface area contributed by atoms with Crippen molar-refractivity contribution in [1.29, 1.82) is 0 Å². The normalized spacial score (nSPS) is 35.0. The molecule has 1 N–H and O–H groups in total. The van der Waals surface area contributed by atoms with Gasteiger partial charge in [-0.05, 0) is 53.4 Å². The van der Waals surface area contributed by atoms with Gasteiger partial charge in [0.1, 0.15) is 0 Å². The summed E-state index contributed by atoms with van der Waals surface area (Å²) in [4.78, 5) is 0. The summed E-state index contributed by atoms with van der Waals surface area (Å²) in [7, 11) is 0. The average Bonchev–Trinajstić information content (AvgIpc) is 3.04. The second-order valence-electron chi connectivity index (χ2n) is 7.44. The zero-order valence-electron chi connectivity index (χ0n) is 12.9. The van der Waals surface area contributed by atoms with E-state index in [1.807, 2.05) is 0 Å². The van der Waals surface area contributed by atoms with Crippen molar-refractivity contribution in [2.24, 2.45) is 17.8 Å². The molecular formula is C20H24O. The van der Waals surface area contributed by atoms with E-state index < -0.39 is 0 Å². The van der Waals surface area contributed by atoms with Crippen LogP contribution in [0, 0.1) is 17.8 Å². The van der Waals surface area contributed by atoms with Crippen LogP contribution in [-0.4, -0.2) is 11.2 Å². The Morgan fingerprint density at radius 1 is 1.05 bits per heavy atom. The highest BCUT2D eigenvalue weighted by atomic mass is 16.3. The van der Waals surface area contributed by atoms with Crippen LogP contribution < -0.4 is 0 Å². The first-order valence-corrected chi connectivity index (χ1v) is 8.29. The van der Waals surface area contributed by atoms with E-state index in [1.54, 1.807) is 0 Å². The first-order chi connectivity index (χ1) is 10.1. The van der Waals surface area contributed by atoms with Crippen LogP contribution in [0.2, 0.25) is 0 Å². The van der Waals surface area contributed by atoms with Crippen LogP contribution in [0.5, 0.6) is 0 Å². The monoisotopic (exact) mass is 280 g/mol. The Labute approximate surface area is 127 Å². The first-order valence-electron chi connectivity index (χ1n) is 8.29. The van der Waals surface area contributed by atoms with Gasteiger partial charge in [-0.2, -0.15) is 0 Å². The van der Waals surface area contributed by atoms with Crippen molar-refractivity contribution in [3.8, 4) is 0 Å². The van der Waals surface area contributed by atoms with Crippen molar-refractivity contribution in [2.45, 2.75) is 44.6 Å². The van der Waals surface area contributed by atoms with Gasteiger partial charge >= 0.3 is 0 Å². The molecule has 21 heavy (non-hydrogen) atoms. The van der Waals surface area contributed by atoms with E-state index in [0.29, 0.717) is 17.8 Å². The van der Waals surface area contributed by atoms with Gasteiger partial charge in [0.05, 0.1) is 6.10 Å². The summed E-state index contributed by atoms with van der Waals surface area (Å²) in [6, 6.07) is 15.4. The Morgan fingerprint density at radius 2 is 1.81 bits per heavy atom. The second kappa shape index (κ2) is 4.58. The number of fused-ring (bicyclic) bond motifs is 3. The number of hydrogen-bond donors (Lipinski definition) is 1. The molecule has 4 atom stereocenters. The van der Waals surface area contributed by atoms with E-state index in [-0.39, 0.29) is 11.5 Å². The third kappa shape index (κ3) is 1.73. The highest BCUT2D eigenvalue weighted by Gasteiger charge is 2.57. The standard InChI is InChI=1S/C20H24O/c1-13(2)20(12-14-10-18(20)19(21)11-14)17-9-5-7-15-6-3-4-8-16(15)17/h3-9,13-14,18-19,21H,10-12H2,1-2H3. The molecule has 2 aromatic carbocycles. The summed E-state index contributed by atoms with van der Waals surface area (Å²) < 4.78 is 0. The maximum atomic E-state index is 10.5. The molecule has 0 aromatic heterocycles. The third-order valence-corrected chi connectivity index (χ3v) is 6.24. The molecule has 2 fully saturated rings. The lowest BCUT2D eigenvalue weighted by atomic mass is 9.60. The SMILES string of the molecule is CC(C)C1(c2cccc3ccccc23)CC2CC(O)C1C2. The summed E-state index contributed by atoms with van der Waals surface area (Å²) >= 11 is 0. The third-order valence-electron chi connectivity index (χ3n) is 6.24. The number of aliphatic hydroxyl groups excluding tert-OH is 1. The van der Waals surface area contributed by atoms with Gasteiger partial charge in [0.2, 0.25) is 0 Å². The van der Waals surface area contributed by atoms with Crippen molar-refractivity contribution in [1.82, 2.24) is 0 Å².